The molecule has 0 amide bonds. The Kier molecular flexibility index (Phi) is 6.45. The van der Waals surface area contributed by atoms with Gasteiger partial charge < -0.3 is 20.5 Å². The lowest BCUT2D eigenvalue weighted by atomic mass is 9.81. The van der Waals surface area contributed by atoms with Crippen molar-refractivity contribution in [3.63, 3.8) is 0 Å². The first-order valence-electron chi connectivity index (χ1n) is 12.0. The molecule has 4 unspecified atom stereocenters. The molecular formula is C28H33N3O2. The van der Waals surface area contributed by atoms with E-state index < -0.39 is 6.10 Å². The van der Waals surface area contributed by atoms with Crippen LogP contribution in [0.2, 0.25) is 0 Å². The topological polar surface area (TPSA) is 66.4 Å². The molecule has 172 valence electrons. The number of nitrogens with one attached hydrogen (secondary N) is 2. The largest absolute Gasteiger partial charge is 0.497 e. The van der Waals surface area contributed by atoms with Gasteiger partial charge in [0.05, 0.1) is 18.7 Å². The second kappa shape index (κ2) is 9.64. The van der Waals surface area contributed by atoms with Crippen LogP contribution in [0.25, 0.3) is 17.0 Å². The average molecular weight is 444 g/mol. The number of methoxy groups -OCH3 is 1. The maximum atomic E-state index is 11.3. The third-order valence-corrected chi connectivity index (χ3v) is 7.25. The number of hydrogen-bond acceptors (Lipinski definition) is 5. The second-order valence-corrected chi connectivity index (χ2v) is 9.52. The van der Waals surface area contributed by atoms with Crippen molar-refractivity contribution >= 4 is 17.0 Å². The summed E-state index contributed by atoms with van der Waals surface area (Å²) in [4.78, 5) is 4.47. The zero-order valence-electron chi connectivity index (χ0n) is 19.2. The Bertz CT molecular complexity index is 1120. The molecule has 5 nitrogen and oxygen atoms in total. The monoisotopic (exact) mass is 443 g/mol. The third kappa shape index (κ3) is 4.96. The fourth-order valence-electron chi connectivity index (χ4n) is 5.70. The average Bonchev–Trinajstić information content (AvgIpc) is 3.15. The summed E-state index contributed by atoms with van der Waals surface area (Å²) in [5.41, 5.74) is 3.01. The fourth-order valence-corrected chi connectivity index (χ4v) is 5.70. The van der Waals surface area contributed by atoms with Gasteiger partial charge in [-0.15, -0.1) is 0 Å². The molecule has 2 aliphatic heterocycles. The van der Waals surface area contributed by atoms with E-state index in [0.717, 1.165) is 48.0 Å². The first kappa shape index (κ1) is 22.1. The van der Waals surface area contributed by atoms with E-state index in [1.165, 1.54) is 12.0 Å². The molecule has 2 aromatic carbocycles. The summed E-state index contributed by atoms with van der Waals surface area (Å²) >= 11 is 0. The molecule has 5 rings (SSSR count). The highest BCUT2D eigenvalue weighted by Gasteiger charge is 2.46. The molecule has 4 atom stereocenters. The zero-order chi connectivity index (χ0) is 22.7. The first-order chi connectivity index (χ1) is 16.1. The molecule has 0 radical (unpaired) electrons. The summed E-state index contributed by atoms with van der Waals surface area (Å²) in [5, 5.41) is 19.9. The SMILES string of the molecule is COc1ccc2nccc(C(O)CC34CCC(CC(NCC=Cc5ccccc5)C3)N4)c2c1. The van der Waals surface area contributed by atoms with Crippen molar-refractivity contribution in [1.82, 2.24) is 15.6 Å². The van der Waals surface area contributed by atoms with Gasteiger partial charge in [0, 0.05) is 35.8 Å². The first-order valence-corrected chi connectivity index (χ1v) is 12.0. The van der Waals surface area contributed by atoms with Crippen LogP contribution in [0.5, 0.6) is 5.75 Å². The minimum atomic E-state index is -0.550. The molecule has 0 saturated carbocycles. The number of piperidine rings is 1. The maximum Gasteiger partial charge on any atom is 0.119 e. The minimum Gasteiger partial charge on any atom is -0.497 e. The number of pyridine rings is 1. The highest BCUT2D eigenvalue weighted by molar-refractivity contribution is 5.83. The Morgan fingerprint density at radius 2 is 2.12 bits per heavy atom. The van der Waals surface area contributed by atoms with Crippen molar-refractivity contribution in [2.45, 2.75) is 55.8 Å². The second-order valence-electron chi connectivity index (χ2n) is 9.52. The molecule has 3 heterocycles. The van der Waals surface area contributed by atoms with Gasteiger partial charge in [-0.2, -0.15) is 0 Å². The molecule has 0 aliphatic carbocycles. The van der Waals surface area contributed by atoms with E-state index in [2.05, 4.69) is 52.0 Å². The third-order valence-electron chi connectivity index (χ3n) is 7.25. The van der Waals surface area contributed by atoms with Crippen molar-refractivity contribution in [3.8, 4) is 5.75 Å². The highest BCUT2D eigenvalue weighted by atomic mass is 16.5. The van der Waals surface area contributed by atoms with Crippen LogP contribution in [0.1, 0.15) is 49.3 Å². The molecule has 5 heteroatoms. The Morgan fingerprint density at radius 3 is 2.97 bits per heavy atom. The van der Waals surface area contributed by atoms with Crippen LogP contribution in [-0.2, 0) is 0 Å². The summed E-state index contributed by atoms with van der Waals surface area (Å²) in [7, 11) is 1.67. The van der Waals surface area contributed by atoms with Gasteiger partial charge in [-0.1, -0.05) is 42.5 Å². The van der Waals surface area contributed by atoms with Crippen molar-refractivity contribution in [2.75, 3.05) is 13.7 Å². The van der Waals surface area contributed by atoms with Gasteiger partial charge in [-0.25, -0.2) is 0 Å². The van der Waals surface area contributed by atoms with Crippen molar-refractivity contribution < 1.29 is 9.84 Å². The number of benzene rings is 2. The van der Waals surface area contributed by atoms with E-state index in [1.807, 2.05) is 30.3 Å². The molecular weight excluding hydrogens is 410 g/mol. The van der Waals surface area contributed by atoms with E-state index in [-0.39, 0.29) is 5.54 Å². The molecule has 2 saturated heterocycles. The number of aliphatic hydroxyl groups is 1. The summed E-state index contributed by atoms with van der Waals surface area (Å²) in [6, 6.07) is 19.2. The van der Waals surface area contributed by atoms with Crippen molar-refractivity contribution in [1.29, 1.82) is 0 Å². The number of fused-ring (bicyclic) bond motifs is 3. The minimum absolute atomic E-state index is 0.0302. The number of ether oxygens (including phenoxy) is 1. The Morgan fingerprint density at radius 1 is 1.24 bits per heavy atom. The molecule has 0 spiro atoms. The molecule has 2 bridgehead atoms. The van der Waals surface area contributed by atoms with Crippen molar-refractivity contribution in [2.24, 2.45) is 0 Å². The van der Waals surface area contributed by atoms with Gasteiger partial charge in [0.15, 0.2) is 0 Å². The molecule has 2 aliphatic rings. The van der Waals surface area contributed by atoms with E-state index in [1.54, 1.807) is 13.3 Å². The predicted octanol–water partition coefficient (Wildman–Crippen LogP) is 4.62. The van der Waals surface area contributed by atoms with Crippen LogP contribution in [0, 0.1) is 0 Å². The highest BCUT2D eigenvalue weighted by Crippen LogP contribution is 2.42. The normalized spacial score (nSPS) is 25.5. The van der Waals surface area contributed by atoms with Gasteiger partial charge >= 0.3 is 0 Å². The van der Waals surface area contributed by atoms with Crippen LogP contribution < -0.4 is 15.4 Å². The van der Waals surface area contributed by atoms with Gasteiger partial charge in [-0.05, 0) is 67.5 Å². The number of aliphatic hydroxyl groups excluding tert-OH is 1. The van der Waals surface area contributed by atoms with Gasteiger partial charge in [-0.3, -0.25) is 4.98 Å². The van der Waals surface area contributed by atoms with Crippen LogP contribution in [-0.4, -0.2) is 41.4 Å². The Balaban J connectivity index is 1.26. The zero-order valence-corrected chi connectivity index (χ0v) is 19.2. The number of hydrogen-bond donors (Lipinski definition) is 3. The number of aromatic nitrogens is 1. The van der Waals surface area contributed by atoms with Crippen LogP contribution in [0.3, 0.4) is 0 Å². The Hall–Kier alpha value is -2.73. The van der Waals surface area contributed by atoms with Crippen LogP contribution >= 0.6 is 0 Å². The standard InChI is InChI=1S/C28H33N3O2/c1-33-23-9-10-26-25(17-23)24(12-15-30-26)27(32)19-28-13-11-21(31-28)16-22(18-28)29-14-5-8-20-6-3-2-4-7-20/h2-10,12,15,17,21-22,27,29,31-32H,11,13-14,16,18-19H2,1H3. The summed E-state index contributed by atoms with van der Waals surface area (Å²) < 4.78 is 5.41. The summed E-state index contributed by atoms with van der Waals surface area (Å²) in [6.07, 6.45) is 10.8. The predicted molar refractivity (Wildman–Crippen MR) is 133 cm³/mol. The van der Waals surface area contributed by atoms with Crippen molar-refractivity contribution in [3.05, 3.63) is 78.0 Å². The summed E-state index contributed by atoms with van der Waals surface area (Å²) in [5.74, 6) is 0.784. The van der Waals surface area contributed by atoms with E-state index in [4.69, 9.17) is 4.74 Å². The molecule has 2 fully saturated rings. The van der Waals surface area contributed by atoms with Gasteiger partial charge in [0.2, 0.25) is 0 Å². The van der Waals surface area contributed by atoms with Gasteiger partial charge in [0.1, 0.15) is 5.75 Å². The van der Waals surface area contributed by atoms with E-state index in [9.17, 15) is 5.11 Å². The quantitative estimate of drug-likeness (QED) is 0.474. The molecule has 33 heavy (non-hydrogen) atoms. The fraction of sp³-hybridized carbons (Fsp3) is 0.393. The maximum absolute atomic E-state index is 11.3. The smallest absolute Gasteiger partial charge is 0.119 e. The van der Waals surface area contributed by atoms with Crippen LogP contribution in [0.15, 0.2) is 66.9 Å². The van der Waals surface area contributed by atoms with E-state index >= 15 is 0 Å². The van der Waals surface area contributed by atoms with Gasteiger partial charge in [0.25, 0.3) is 0 Å². The molecule has 3 N–H and O–H groups in total. The summed E-state index contributed by atoms with van der Waals surface area (Å²) in [6.45, 7) is 0.861. The van der Waals surface area contributed by atoms with Crippen LogP contribution in [0.4, 0.5) is 0 Å². The lowest BCUT2D eigenvalue weighted by Crippen LogP contribution is -2.55. The molecule has 1 aromatic heterocycles. The Labute approximate surface area is 195 Å². The lowest BCUT2D eigenvalue weighted by molar-refractivity contribution is 0.103. The molecule has 3 aromatic rings. The lowest BCUT2D eigenvalue weighted by Gasteiger charge is -2.41. The van der Waals surface area contributed by atoms with E-state index in [0.29, 0.717) is 18.5 Å². The number of nitrogens with zero attached hydrogens (tertiary/aromatic N) is 1. The number of rotatable bonds is 8.